The Kier molecular flexibility index (Phi) is 6.38. The zero-order valence-electron chi connectivity index (χ0n) is 14.0. The highest BCUT2D eigenvalue weighted by Gasteiger charge is 2.26. The summed E-state index contributed by atoms with van der Waals surface area (Å²) in [6.07, 6.45) is 1.18. The van der Waals surface area contributed by atoms with E-state index >= 15 is 0 Å². The highest BCUT2D eigenvalue weighted by Crippen LogP contribution is 2.34. The summed E-state index contributed by atoms with van der Waals surface area (Å²) >= 11 is 3.99. The van der Waals surface area contributed by atoms with Crippen LogP contribution in [0.4, 0.5) is 5.13 Å². The molecular formula is C16H29N3S2. The minimum absolute atomic E-state index is 0.502. The lowest BCUT2D eigenvalue weighted by Gasteiger charge is -2.34. The fourth-order valence-electron chi connectivity index (χ4n) is 2.78. The van der Waals surface area contributed by atoms with Gasteiger partial charge in [-0.15, -0.1) is 11.3 Å². The third-order valence-corrected chi connectivity index (χ3v) is 6.02. The van der Waals surface area contributed by atoms with E-state index in [0.29, 0.717) is 16.4 Å². The van der Waals surface area contributed by atoms with Crippen LogP contribution < -0.4 is 10.2 Å². The smallest absolute Gasteiger partial charge is 0.185 e. The van der Waals surface area contributed by atoms with E-state index in [1.807, 2.05) is 11.3 Å². The van der Waals surface area contributed by atoms with Gasteiger partial charge in [-0.1, -0.05) is 34.6 Å². The molecule has 2 rings (SSSR count). The molecule has 1 N–H and O–H groups in total. The van der Waals surface area contributed by atoms with E-state index < -0.39 is 0 Å². The predicted molar refractivity (Wildman–Crippen MR) is 96.9 cm³/mol. The lowest BCUT2D eigenvalue weighted by atomic mass is 10.1. The maximum atomic E-state index is 4.98. The lowest BCUT2D eigenvalue weighted by Crippen LogP contribution is -2.40. The summed E-state index contributed by atoms with van der Waals surface area (Å²) in [6.45, 7) is 15.7. The van der Waals surface area contributed by atoms with Gasteiger partial charge in [0.2, 0.25) is 0 Å². The number of rotatable bonds is 6. The molecule has 2 heterocycles. The van der Waals surface area contributed by atoms with Gasteiger partial charge in [0.05, 0.1) is 5.69 Å². The van der Waals surface area contributed by atoms with Crippen molar-refractivity contribution in [1.29, 1.82) is 0 Å². The van der Waals surface area contributed by atoms with Gasteiger partial charge in [-0.2, -0.15) is 11.8 Å². The highest BCUT2D eigenvalue weighted by atomic mass is 32.2. The summed E-state index contributed by atoms with van der Waals surface area (Å²) in [6, 6.07) is 0. The van der Waals surface area contributed by atoms with E-state index in [-0.39, 0.29) is 0 Å². The van der Waals surface area contributed by atoms with Gasteiger partial charge in [-0.3, -0.25) is 0 Å². The minimum atomic E-state index is 0.502. The number of hydrogen-bond acceptors (Lipinski definition) is 5. The van der Waals surface area contributed by atoms with Crippen LogP contribution in [0.25, 0.3) is 0 Å². The van der Waals surface area contributed by atoms with Crippen LogP contribution in [0.2, 0.25) is 0 Å². The molecule has 5 heteroatoms. The standard InChI is InChI=1S/C16H29N3S2/c1-6-7-17-8-14-15(11(2)3)18-16(21-14)19-9-12(4)20-13(5)10-19/h11-13,17H,6-10H2,1-5H3. The fourth-order valence-corrected chi connectivity index (χ4v) is 5.30. The number of thiazole rings is 1. The summed E-state index contributed by atoms with van der Waals surface area (Å²) in [5.41, 5.74) is 1.29. The van der Waals surface area contributed by atoms with Gasteiger partial charge in [0.1, 0.15) is 0 Å². The van der Waals surface area contributed by atoms with Gasteiger partial charge < -0.3 is 10.2 Å². The first-order valence-electron chi connectivity index (χ1n) is 8.12. The van der Waals surface area contributed by atoms with E-state index in [9.17, 15) is 0 Å². The number of nitrogens with one attached hydrogen (secondary N) is 1. The van der Waals surface area contributed by atoms with Crippen LogP contribution in [0, 0.1) is 0 Å². The van der Waals surface area contributed by atoms with Crippen molar-refractivity contribution in [1.82, 2.24) is 10.3 Å². The molecule has 2 unspecified atom stereocenters. The van der Waals surface area contributed by atoms with Crippen molar-refractivity contribution >= 4 is 28.2 Å². The van der Waals surface area contributed by atoms with Crippen LogP contribution in [0.5, 0.6) is 0 Å². The second-order valence-electron chi connectivity index (χ2n) is 6.30. The first kappa shape index (κ1) is 17.1. The zero-order chi connectivity index (χ0) is 15.4. The van der Waals surface area contributed by atoms with E-state index in [1.54, 1.807) is 0 Å². The normalized spacial score (nSPS) is 23.0. The highest BCUT2D eigenvalue weighted by molar-refractivity contribution is 8.00. The summed E-state index contributed by atoms with van der Waals surface area (Å²) in [5, 5.41) is 6.15. The van der Waals surface area contributed by atoms with Crippen LogP contribution in [0.3, 0.4) is 0 Å². The lowest BCUT2D eigenvalue weighted by molar-refractivity contribution is 0.669. The van der Waals surface area contributed by atoms with Gasteiger partial charge in [-0.05, 0) is 18.9 Å². The molecule has 21 heavy (non-hydrogen) atoms. The monoisotopic (exact) mass is 327 g/mol. The SMILES string of the molecule is CCCNCc1sc(N2CC(C)SC(C)C2)nc1C(C)C. The Labute approximate surface area is 137 Å². The number of thioether (sulfide) groups is 1. The number of anilines is 1. The number of nitrogens with zero attached hydrogens (tertiary/aromatic N) is 2. The zero-order valence-corrected chi connectivity index (χ0v) is 15.6. The Morgan fingerprint density at radius 2 is 1.95 bits per heavy atom. The minimum Gasteiger partial charge on any atom is -0.346 e. The molecule has 0 amide bonds. The van der Waals surface area contributed by atoms with Crippen molar-refractivity contribution < 1.29 is 0 Å². The maximum absolute atomic E-state index is 4.98. The molecule has 1 fully saturated rings. The third-order valence-electron chi connectivity index (χ3n) is 3.67. The summed E-state index contributed by atoms with van der Waals surface area (Å²) in [7, 11) is 0. The number of aromatic nitrogens is 1. The topological polar surface area (TPSA) is 28.2 Å². The molecular weight excluding hydrogens is 298 g/mol. The predicted octanol–water partition coefficient (Wildman–Crippen LogP) is 4.10. The quantitative estimate of drug-likeness (QED) is 0.796. The van der Waals surface area contributed by atoms with Crippen molar-refractivity contribution in [3.05, 3.63) is 10.6 Å². The summed E-state index contributed by atoms with van der Waals surface area (Å²) < 4.78 is 0. The molecule has 2 atom stereocenters. The van der Waals surface area contributed by atoms with Crippen molar-refractivity contribution in [3.8, 4) is 0 Å². The Balaban J connectivity index is 2.14. The molecule has 1 aromatic heterocycles. The molecule has 0 saturated carbocycles. The summed E-state index contributed by atoms with van der Waals surface area (Å²) in [5.74, 6) is 0.502. The second-order valence-corrected chi connectivity index (χ2v) is 9.24. The third kappa shape index (κ3) is 4.60. The van der Waals surface area contributed by atoms with Gasteiger partial charge in [0.15, 0.2) is 5.13 Å². The van der Waals surface area contributed by atoms with Gasteiger partial charge in [-0.25, -0.2) is 4.98 Å². The van der Waals surface area contributed by atoms with Crippen LogP contribution >= 0.6 is 23.1 Å². The Morgan fingerprint density at radius 3 is 2.52 bits per heavy atom. The fraction of sp³-hybridized carbons (Fsp3) is 0.812. The number of hydrogen-bond donors (Lipinski definition) is 1. The average Bonchev–Trinajstić information content (AvgIpc) is 2.82. The van der Waals surface area contributed by atoms with Crippen LogP contribution in [-0.4, -0.2) is 35.1 Å². The second kappa shape index (κ2) is 7.84. The van der Waals surface area contributed by atoms with Crippen molar-refractivity contribution in [2.75, 3.05) is 24.5 Å². The first-order chi connectivity index (χ1) is 10.0. The average molecular weight is 328 g/mol. The molecule has 1 saturated heterocycles. The molecule has 0 spiro atoms. The Hall–Kier alpha value is -0.260. The first-order valence-corrected chi connectivity index (χ1v) is 9.87. The Bertz CT molecular complexity index is 435. The van der Waals surface area contributed by atoms with E-state index in [1.165, 1.54) is 22.1 Å². The van der Waals surface area contributed by atoms with E-state index in [2.05, 4.69) is 56.6 Å². The molecule has 0 radical (unpaired) electrons. The van der Waals surface area contributed by atoms with E-state index in [0.717, 1.165) is 26.2 Å². The van der Waals surface area contributed by atoms with Gasteiger partial charge in [0.25, 0.3) is 0 Å². The largest absolute Gasteiger partial charge is 0.346 e. The molecule has 0 aliphatic carbocycles. The van der Waals surface area contributed by atoms with Gasteiger partial charge >= 0.3 is 0 Å². The summed E-state index contributed by atoms with van der Waals surface area (Å²) in [4.78, 5) is 8.89. The van der Waals surface area contributed by atoms with Crippen molar-refractivity contribution in [2.45, 2.75) is 64.0 Å². The molecule has 120 valence electrons. The molecule has 0 bridgehead atoms. The molecule has 1 aliphatic rings. The molecule has 3 nitrogen and oxygen atoms in total. The van der Waals surface area contributed by atoms with Crippen LogP contribution in [0.1, 0.15) is 57.5 Å². The molecule has 1 aliphatic heterocycles. The van der Waals surface area contributed by atoms with Gasteiger partial charge in [0, 0.05) is 35.0 Å². The van der Waals surface area contributed by atoms with Crippen molar-refractivity contribution in [2.24, 2.45) is 0 Å². The molecule has 1 aromatic rings. The van der Waals surface area contributed by atoms with Crippen LogP contribution in [0.15, 0.2) is 0 Å². The van der Waals surface area contributed by atoms with E-state index in [4.69, 9.17) is 4.98 Å². The van der Waals surface area contributed by atoms with Crippen LogP contribution in [-0.2, 0) is 6.54 Å². The molecule has 0 aromatic carbocycles. The van der Waals surface area contributed by atoms with Crippen molar-refractivity contribution in [3.63, 3.8) is 0 Å². The maximum Gasteiger partial charge on any atom is 0.185 e. The Morgan fingerprint density at radius 1 is 1.29 bits per heavy atom.